The van der Waals surface area contributed by atoms with E-state index >= 15 is 0 Å². The lowest BCUT2D eigenvalue weighted by atomic mass is 10.2. The Bertz CT molecular complexity index is 584. The lowest BCUT2D eigenvalue weighted by molar-refractivity contribution is -0.120. The first-order valence-electron chi connectivity index (χ1n) is 6.12. The molecule has 0 fully saturated rings. The van der Waals surface area contributed by atoms with E-state index in [0.29, 0.717) is 16.7 Å². The van der Waals surface area contributed by atoms with E-state index in [2.05, 4.69) is 20.5 Å². The zero-order valence-electron chi connectivity index (χ0n) is 11.2. The second-order valence-electron chi connectivity index (χ2n) is 4.31. The van der Waals surface area contributed by atoms with Crippen LogP contribution in [-0.2, 0) is 11.3 Å². The molecular formula is C13H15ClN4OS. The average molecular weight is 311 g/mol. The summed E-state index contributed by atoms with van der Waals surface area (Å²) in [6.45, 7) is 4.13. The predicted octanol–water partition coefficient (Wildman–Crippen LogP) is 2.56. The van der Waals surface area contributed by atoms with Gasteiger partial charge in [-0.15, -0.1) is 5.10 Å². The van der Waals surface area contributed by atoms with E-state index in [4.69, 9.17) is 11.6 Å². The maximum absolute atomic E-state index is 12.0. The molecule has 5 nitrogen and oxygen atoms in total. The van der Waals surface area contributed by atoms with Crippen molar-refractivity contribution < 1.29 is 4.79 Å². The molecule has 1 heterocycles. The lowest BCUT2D eigenvalue weighted by Gasteiger charge is -2.10. The molecule has 0 aliphatic heterocycles. The zero-order valence-corrected chi connectivity index (χ0v) is 12.8. The number of nitrogens with zero attached hydrogens (tertiary/aromatic N) is 2. The molecule has 2 aromatic rings. The van der Waals surface area contributed by atoms with Crippen molar-refractivity contribution in [3.8, 4) is 0 Å². The number of aryl methyl sites for hydroxylation is 1. The highest BCUT2D eigenvalue weighted by molar-refractivity contribution is 8.00. The number of nitrogens with one attached hydrogen (secondary N) is 2. The normalized spacial score (nSPS) is 12.2. The van der Waals surface area contributed by atoms with Gasteiger partial charge in [-0.2, -0.15) is 0 Å². The van der Waals surface area contributed by atoms with Gasteiger partial charge in [0.25, 0.3) is 0 Å². The molecule has 1 aromatic carbocycles. The minimum absolute atomic E-state index is 0.0487. The molecule has 2 rings (SSSR count). The Morgan fingerprint density at radius 3 is 2.75 bits per heavy atom. The molecular weight excluding hydrogens is 296 g/mol. The van der Waals surface area contributed by atoms with Crippen LogP contribution >= 0.6 is 23.4 Å². The quantitative estimate of drug-likeness (QED) is 0.833. The first-order valence-corrected chi connectivity index (χ1v) is 7.38. The van der Waals surface area contributed by atoms with Crippen LogP contribution in [0.15, 0.2) is 29.4 Å². The molecule has 2 N–H and O–H groups in total. The number of benzene rings is 1. The number of aromatic nitrogens is 3. The van der Waals surface area contributed by atoms with Gasteiger partial charge in [0, 0.05) is 11.6 Å². The Kier molecular flexibility index (Phi) is 5.03. The third-order valence-corrected chi connectivity index (χ3v) is 3.82. The molecule has 106 valence electrons. The van der Waals surface area contributed by atoms with Crippen molar-refractivity contribution in [2.45, 2.75) is 30.8 Å². The number of amides is 1. The number of thioether (sulfide) groups is 1. The van der Waals surface area contributed by atoms with Crippen molar-refractivity contribution >= 4 is 29.3 Å². The zero-order chi connectivity index (χ0) is 14.5. The van der Waals surface area contributed by atoms with Crippen LogP contribution in [0.25, 0.3) is 0 Å². The molecule has 0 aliphatic rings. The van der Waals surface area contributed by atoms with Crippen LogP contribution in [0, 0.1) is 6.92 Å². The molecule has 0 radical (unpaired) electrons. The molecule has 0 saturated carbocycles. The van der Waals surface area contributed by atoms with Crippen molar-refractivity contribution in [2.75, 3.05) is 0 Å². The average Bonchev–Trinajstić information content (AvgIpc) is 2.83. The summed E-state index contributed by atoms with van der Waals surface area (Å²) in [7, 11) is 0. The third-order valence-electron chi connectivity index (χ3n) is 2.61. The Labute approximate surface area is 126 Å². The number of H-pyrrole nitrogens is 1. The summed E-state index contributed by atoms with van der Waals surface area (Å²) in [4.78, 5) is 16.1. The minimum atomic E-state index is -0.252. The number of carbonyl (C=O) groups excluding carboxylic acids is 1. The van der Waals surface area contributed by atoms with Crippen molar-refractivity contribution in [1.29, 1.82) is 0 Å². The fraction of sp³-hybridized carbons (Fsp3) is 0.308. The molecule has 0 saturated heterocycles. The van der Waals surface area contributed by atoms with Crippen molar-refractivity contribution in [1.82, 2.24) is 20.5 Å². The SMILES string of the molecule is Cc1nc(SC(C)C(=O)NCc2ccc(Cl)cc2)n[nH]1. The first-order chi connectivity index (χ1) is 9.54. The second kappa shape index (κ2) is 6.76. The summed E-state index contributed by atoms with van der Waals surface area (Å²) < 4.78 is 0. The van der Waals surface area contributed by atoms with E-state index in [0.717, 1.165) is 11.4 Å². The summed E-state index contributed by atoms with van der Waals surface area (Å²) in [6.07, 6.45) is 0. The van der Waals surface area contributed by atoms with Crippen LogP contribution in [0.1, 0.15) is 18.3 Å². The molecule has 1 amide bonds. The highest BCUT2D eigenvalue weighted by atomic mass is 35.5. The number of aromatic amines is 1. The van der Waals surface area contributed by atoms with Gasteiger partial charge in [0.2, 0.25) is 11.1 Å². The van der Waals surface area contributed by atoms with Gasteiger partial charge in [-0.1, -0.05) is 35.5 Å². The Morgan fingerprint density at radius 1 is 1.45 bits per heavy atom. The van der Waals surface area contributed by atoms with E-state index in [1.807, 2.05) is 26.0 Å². The number of hydrogen-bond acceptors (Lipinski definition) is 4. The highest BCUT2D eigenvalue weighted by Crippen LogP contribution is 2.19. The number of hydrogen-bond donors (Lipinski definition) is 2. The van der Waals surface area contributed by atoms with Gasteiger partial charge in [-0.3, -0.25) is 9.89 Å². The van der Waals surface area contributed by atoms with E-state index in [1.165, 1.54) is 11.8 Å². The van der Waals surface area contributed by atoms with Gasteiger partial charge in [-0.25, -0.2) is 4.98 Å². The minimum Gasteiger partial charge on any atom is -0.351 e. The van der Waals surface area contributed by atoms with E-state index < -0.39 is 0 Å². The standard InChI is InChI=1S/C13H15ClN4OS/c1-8(20-13-16-9(2)17-18-13)12(19)15-7-10-3-5-11(14)6-4-10/h3-6,8H,7H2,1-2H3,(H,15,19)(H,16,17,18). The largest absolute Gasteiger partial charge is 0.351 e. The van der Waals surface area contributed by atoms with E-state index in [-0.39, 0.29) is 11.2 Å². The monoisotopic (exact) mass is 310 g/mol. The Balaban J connectivity index is 1.83. The summed E-state index contributed by atoms with van der Waals surface area (Å²) in [6, 6.07) is 7.38. The highest BCUT2D eigenvalue weighted by Gasteiger charge is 2.16. The van der Waals surface area contributed by atoms with Gasteiger partial charge in [-0.05, 0) is 31.5 Å². The molecule has 7 heteroatoms. The Hall–Kier alpha value is -1.53. The molecule has 1 atom stereocenters. The van der Waals surface area contributed by atoms with E-state index in [1.54, 1.807) is 12.1 Å². The van der Waals surface area contributed by atoms with Crippen molar-refractivity contribution in [3.63, 3.8) is 0 Å². The molecule has 20 heavy (non-hydrogen) atoms. The van der Waals surface area contributed by atoms with Gasteiger partial charge < -0.3 is 5.32 Å². The first kappa shape index (κ1) is 14.9. The number of rotatable bonds is 5. The smallest absolute Gasteiger partial charge is 0.233 e. The second-order valence-corrected chi connectivity index (χ2v) is 6.05. The summed E-state index contributed by atoms with van der Waals surface area (Å²) in [5.41, 5.74) is 1.01. The maximum atomic E-state index is 12.0. The van der Waals surface area contributed by atoms with Gasteiger partial charge in [0.1, 0.15) is 5.82 Å². The van der Waals surface area contributed by atoms with Gasteiger partial charge >= 0.3 is 0 Å². The van der Waals surface area contributed by atoms with Gasteiger partial charge in [0.05, 0.1) is 5.25 Å². The van der Waals surface area contributed by atoms with Crippen LogP contribution < -0.4 is 5.32 Å². The van der Waals surface area contributed by atoms with Crippen molar-refractivity contribution in [3.05, 3.63) is 40.7 Å². The maximum Gasteiger partial charge on any atom is 0.233 e. The lowest BCUT2D eigenvalue weighted by Crippen LogP contribution is -2.30. The Morgan fingerprint density at radius 2 is 2.15 bits per heavy atom. The summed E-state index contributed by atoms with van der Waals surface area (Å²) in [5.74, 6) is 0.689. The van der Waals surface area contributed by atoms with Crippen LogP contribution in [0.4, 0.5) is 0 Å². The summed E-state index contributed by atoms with van der Waals surface area (Å²) in [5, 5.41) is 10.6. The fourth-order valence-electron chi connectivity index (χ4n) is 1.52. The third kappa shape index (κ3) is 4.25. The predicted molar refractivity (Wildman–Crippen MR) is 79.7 cm³/mol. The van der Waals surface area contributed by atoms with Gasteiger partial charge in [0.15, 0.2) is 0 Å². The molecule has 0 spiro atoms. The summed E-state index contributed by atoms with van der Waals surface area (Å²) >= 11 is 7.13. The van der Waals surface area contributed by atoms with Crippen molar-refractivity contribution in [2.24, 2.45) is 0 Å². The molecule has 0 bridgehead atoms. The number of carbonyl (C=O) groups is 1. The number of halogens is 1. The molecule has 1 aromatic heterocycles. The van der Waals surface area contributed by atoms with Crippen LogP contribution in [0.2, 0.25) is 5.02 Å². The van der Waals surface area contributed by atoms with Crippen LogP contribution in [0.5, 0.6) is 0 Å². The van der Waals surface area contributed by atoms with Crippen LogP contribution in [-0.4, -0.2) is 26.3 Å². The fourth-order valence-corrected chi connectivity index (χ4v) is 2.44. The molecule has 1 unspecified atom stereocenters. The van der Waals surface area contributed by atoms with Crippen LogP contribution in [0.3, 0.4) is 0 Å². The van der Waals surface area contributed by atoms with E-state index in [9.17, 15) is 4.79 Å². The topological polar surface area (TPSA) is 70.7 Å². The molecule has 0 aliphatic carbocycles.